The van der Waals surface area contributed by atoms with E-state index in [0.717, 1.165) is 0 Å². The summed E-state index contributed by atoms with van der Waals surface area (Å²) in [4.78, 5) is 3.68. The van der Waals surface area contributed by atoms with Gasteiger partial charge in [0.2, 0.25) is 0 Å². The van der Waals surface area contributed by atoms with Crippen molar-refractivity contribution >= 4 is 5.69 Å². The Morgan fingerprint density at radius 3 is 2.60 bits per heavy atom. The number of anilines is 1. The topological polar surface area (TPSA) is 16.1 Å². The lowest BCUT2D eigenvalue weighted by atomic mass is 10.3. The Morgan fingerprint density at radius 2 is 2.20 bits per heavy atom. The summed E-state index contributed by atoms with van der Waals surface area (Å²) >= 11 is 0. The molecule has 0 aliphatic carbocycles. The van der Waals surface area contributed by atoms with Gasteiger partial charge in [0.1, 0.15) is 5.69 Å². The highest BCUT2D eigenvalue weighted by atomic mass is 19.4. The molecule has 1 heterocycles. The molecule has 0 fully saturated rings. The first-order valence-corrected chi connectivity index (χ1v) is 2.75. The molecule has 54 valence electrons. The normalized spacial score (nSPS) is 9.50. The van der Waals surface area contributed by atoms with Crippen molar-refractivity contribution < 1.29 is 8.96 Å². The van der Waals surface area contributed by atoms with Gasteiger partial charge in [-0.1, -0.05) is 8.96 Å². The fourth-order valence-electron chi connectivity index (χ4n) is 0.654. The molecule has 10 heavy (non-hydrogen) atoms. The molecular weight excluding hydrogens is 138 g/mol. The van der Waals surface area contributed by atoms with Crippen molar-refractivity contribution in [3.63, 3.8) is 0 Å². The van der Waals surface area contributed by atoms with Gasteiger partial charge in [-0.25, -0.2) is 0 Å². The third-order valence-electron chi connectivity index (χ3n) is 1.16. The van der Waals surface area contributed by atoms with E-state index in [4.69, 9.17) is 0 Å². The minimum Gasteiger partial charge on any atom is -0.259 e. The number of hydrogen-bond acceptors (Lipinski definition) is 2. The average molecular weight is 144 g/mol. The van der Waals surface area contributed by atoms with E-state index in [-0.39, 0.29) is 5.69 Å². The van der Waals surface area contributed by atoms with Crippen LogP contribution in [0.2, 0.25) is 0 Å². The summed E-state index contributed by atoms with van der Waals surface area (Å²) in [5.74, 6) is 0. The predicted molar refractivity (Wildman–Crippen MR) is 33.7 cm³/mol. The van der Waals surface area contributed by atoms with E-state index >= 15 is 0 Å². The monoisotopic (exact) mass is 144 g/mol. The summed E-state index contributed by atoms with van der Waals surface area (Å²) in [5.41, 5.74) is 0.176. The molecule has 0 saturated carbocycles. The third-order valence-corrected chi connectivity index (χ3v) is 1.16. The van der Waals surface area contributed by atoms with Crippen LogP contribution in [-0.2, 0) is 0 Å². The van der Waals surface area contributed by atoms with E-state index < -0.39 is 5.34 Å². The molecule has 0 spiro atoms. The van der Waals surface area contributed by atoms with Gasteiger partial charge in [-0.3, -0.25) is 4.98 Å². The zero-order valence-corrected chi connectivity index (χ0v) is 5.38. The van der Waals surface area contributed by atoms with Crippen molar-refractivity contribution in [3.8, 4) is 0 Å². The summed E-state index contributed by atoms with van der Waals surface area (Å²) in [6.07, 6.45) is 1.47. The molecule has 0 atom stereocenters. The molecule has 0 aromatic carbocycles. The van der Waals surface area contributed by atoms with Crippen LogP contribution in [0.5, 0.6) is 0 Å². The number of aromatic nitrogens is 1. The van der Waals surface area contributed by atoms with Crippen LogP contribution in [0, 0.1) is 6.92 Å². The standard InChI is InChI=1S/C6H6F2N2/c1-5-6(10(7)8)3-2-4-9-5/h2-4H,1H3. The van der Waals surface area contributed by atoms with Gasteiger partial charge in [-0.2, -0.15) is 0 Å². The smallest absolute Gasteiger partial charge is 0.126 e. The van der Waals surface area contributed by atoms with E-state index in [1.54, 1.807) is 0 Å². The van der Waals surface area contributed by atoms with Crippen molar-refractivity contribution in [2.24, 2.45) is 0 Å². The highest BCUT2D eigenvalue weighted by Crippen LogP contribution is 2.16. The van der Waals surface area contributed by atoms with Crippen LogP contribution in [0.15, 0.2) is 18.3 Å². The Hall–Kier alpha value is -1.19. The fraction of sp³-hybridized carbons (Fsp3) is 0.167. The molecule has 4 heteroatoms. The second-order valence-corrected chi connectivity index (χ2v) is 1.84. The van der Waals surface area contributed by atoms with Crippen molar-refractivity contribution in [1.29, 1.82) is 0 Å². The number of rotatable bonds is 1. The number of aryl methyl sites for hydroxylation is 1. The summed E-state index contributed by atoms with van der Waals surface area (Å²) < 4.78 is 23.6. The first-order valence-electron chi connectivity index (χ1n) is 2.75. The fourth-order valence-corrected chi connectivity index (χ4v) is 0.654. The lowest BCUT2D eigenvalue weighted by molar-refractivity contribution is 0.234. The van der Waals surface area contributed by atoms with Crippen molar-refractivity contribution in [1.82, 2.24) is 4.98 Å². The molecule has 0 aliphatic heterocycles. The largest absolute Gasteiger partial charge is 0.259 e. The zero-order chi connectivity index (χ0) is 7.56. The zero-order valence-electron chi connectivity index (χ0n) is 5.38. The Morgan fingerprint density at radius 1 is 1.50 bits per heavy atom. The number of nitrogens with zero attached hydrogens (tertiary/aromatic N) is 2. The summed E-state index contributed by atoms with van der Waals surface area (Å²) in [5, 5.41) is -0.942. The molecule has 1 rings (SSSR count). The maximum absolute atomic E-state index is 11.8. The van der Waals surface area contributed by atoms with Crippen molar-refractivity contribution in [2.45, 2.75) is 6.92 Å². The molecule has 0 amide bonds. The molecule has 0 aliphatic rings. The van der Waals surface area contributed by atoms with Crippen LogP contribution in [0.4, 0.5) is 14.6 Å². The minimum absolute atomic E-state index is 0.150. The predicted octanol–water partition coefficient (Wildman–Crippen LogP) is 1.97. The quantitative estimate of drug-likeness (QED) is 0.560. The number of hydrogen-bond donors (Lipinski definition) is 0. The number of halogens is 2. The van der Waals surface area contributed by atoms with E-state index in [0.29, 0.717) is 5.69 Å². The molecule has 0 unspecified atom stereocenters. The van der Waals surface area contributed by atoms with Crippen LogP contribution in [-0.4, -0.2) is 4.98 Å². The molecule has 0 N–H and O–H groups in total. The molecule has 1 aromatic rings. The second kappa shape index (κ2) is 2.60. The van der Waals surface area contributed by atoms with Gasteiger partial charge in [0.25, 0.3) is 0 Å². The maximum atomic E-state index is 11.8. The van der Waals surface area contributed by atoms with Crippen LogP contribution in [0.3, 0.4) is 0 Å². The lowest BCUT2D eigenvalue weighted by Crippen LogP contribution is -1.98. The summed E-state index contributed by atoms with van der Waals surface area (Å²) in [7, 11) is 0. The molecule has 1 aromatic heterocycles. The van der Waals surface area contributed by atoms with Gasteiger partial charge in [0.05, 0.1) is 5.69 Å². The van der Waals surface area contributed by atoms with Gasteiger partial charge < -0.3 is 0 Å². The average Bonchev–Trinajstić information content (AvgIpc) is 1.88. The minimum atomic E-state index is -0.942. The van der Waals surface area contributed by atoms with Crippen LogP contribution in [0.1, 0.15) is 5.69 Å². The van der Waals surface area contributed by atoms with Crippen LogP contribution >= 0.6 is 0 Å². The van der Waals surface area contributed by atoms with E-state index in [2.05, 4.69) is 4.98 Å². The Kier molecular flexibility index (Phi) is 1.80. The Balaban J connectivity index is 3.03. The first kappa shape index (κ1) is 6.92. The second-order valence-electron chi connectivity index (χ2n) is 1.84. The molecule has 0 radical (unpaired) electrons. The lowest BCUT2D eigenvalue weighted by Gasteiger charge is -2.02. The van der Waals surface area contributed by atoms with Gasteiger partial charge >= 0.3 is 0 Å². The highest BCUT2D eigenvalue weighted by Gasteiger charge is 2.05. The van der Waals surface area contributed by atoms with Gasteiger partial charge in [0.15, 0.2) is 0 Å². The Bertz CT molecular complexity index is 225. The molecule has 2 nitrogen and oxygen atoms in total. The van der Waals surface area contributed by atoms with Crippen molar-refractivity contribution in [2.75, 3.05) is 5.34 Å². The maximum Gasteiger partial charge on any atom is 0.126 e. The van der Waals surface area contributed by atoms with Gasteiger partial charge in [-0.05, 0) is 24.4 Å². The summed E-state index contributed by atoms with van der Waals surface area (Å²) in [6.45, 7) is 1.53. The number of pyridine rings is 1. The molecule has 0 bridgehead atoms. The first-order chi connectivity index (χ1) is 4.72. The van der Waals surface area contributed by atoms with Gasteiger partial charge in [-0.15, -0.1) is 0 Å². The highest BCUT2D eigenvalue weighted by molar-refractivity contribution is 5.44. The van der Waals surface area contributed by atoms with Crippen LogP contribution < -0.4 is 5.34 Å². The van der Waals surface area contributed by atoms with E-state index in [1.807, 2.05) is 0 Å². The SMILES string of the molecule is Cc1ncccc1N(F)F. The van der Waals surface area contributed by atoms with E-state index in [9.17, 15) is 8.96 Å². The Labute approximate surface area is 57.0 Å². The summed E-state index contributed by atoms with van der Waals surface area (Å²) in [6, 6.07) is 2.77. The third kappa shape index (κ3) is 1.21. The van der Waals surface area contributed by atoms with Crippen molar-refractivity contribution in [3.05, 3.63) is 24.0 Å². The van der Waals surface area contributed by atoms with Gasteiger partial charge in [0, 0.05) is 6.20 Å². The van der Waals surface area contributed by atoms with E-state index in [1.165, 1.54) is 25.3 Å². The van der Waals surface area contributed by atoms with Crippen LogP contribution in [0.25, 0.3) is 0 Å². The molecular formula is C6H6F2N2. The molecule has 0 saturated heterocycles.